The minimum atomic E-state index is -4.72. The van der Waals surface area contributed by atoms with Crippen molar-refractivity contribution in [3.05, 3.63) is 0 Å². The molecule has 2 heterocycles. The predicted octanol–water partition coefficient (Wildman–Crippen LogP) is 0.369. The Kier molecular flexibility index (Phi) is 2.17. The maximum Gasteiger partial charge on any atom is 0.471 e. The number of alkyl halides is 3. The van der Waals surface area contributed by atoms with Gasteiger partial charge in [0.25, 0.3) is 0 Å². The second-order valence-electron chi connectivity index (χ2n) is 3.82. The molecule has 1 N–H and O–H groups in total. The van der Waals surface area contributed by atoms with Crippen LogP contribution >= 0.6 is 0 Å². The first-order valence-corrected chi connectivity index (χ1v) is 4.58. The number of likely N-dealkylation sites (tertiary alicyclic amines) is 1. The van der Waals surface area contributed by atoms with Gasteiger partial charge in [0.05, 0.1) is 0 Å². The van der Waals surface area contributed by atoms with E-state index in [1.807, 2.05) is 0 Å². The number of amides is 1. The third-order valence-electron chi connectivity index (χ3n) is 2.89. The van der Waals surface area contributed by atoms with Crippen molar-refractivity contribution in [1.82, 2.24) is 10.2 Å². The van der Waals surface area contributed by atoms with E-state index in [-0.39, 0.29) is 25.0 Å². The maximum atomic E-state index is 12.1. The van der Waals surface area contributed by atoms with Gasteiger partial charge in [-0.05, 0) is 18.9 Å². The van der Waals surface area contributed by atoms with Gasteiger partial charge in [-0.15, -0.1) is 0 Å². The van der Waals surface area contributed by atoms with E-state index in [2.05, 4.69) is 5.32 Å². The molecule has 0 aromatic carbocycles. The van der Waals surface area contributed by atoms with Crippen LogP contribution in [0.1, 0.15) is 6.42 Å². The van der Waals surface area contributed by atoms with Crippen LogP contribution in [0.4, 0.5) is 13.2 Å². The summed E-state index contributed by atoms with van der Waals surface area (Å²) in [5, 5.41) is 3.09. The summed E-state index contributed by atoms with van der Waals surface area (Å²) in [7, 11) is 0. The van der Waals surface area contributed by atoms with Gasteiger partial charge in [0, 0.05) is 19.1 Å². The lowest BCUT2D eigenvalue weighted by Crippen LogP contribution is -2.41. The van der Waals surface area contributed by atoms with E-state index in [0.717, 1.165) is 17.9 Å². The molecule has 2 aliphatic heterocycles. The molecule has 6 heteroatoms. The number of fused-ring (bicyclic) bond motifs is 1. The number of nitrogens with zero attached hydrogens (tertiary/aromatic N) is 1. The van der Waals surface area contributed by atoms with Gasteiger partial charge in [-0.25, -0.2) is 0 Å². The fraction of sp³-hybridized carbons (Fsp3) is 0.875. The third kappa shape index (κ3) is 1.58. The topological polar surface area (TPSA) is 32.3 Å². The zero-order chi connectivity index (χ0) is 10.3. The SMILES string of the molecule is O=C(N1C[C@H]2CCN[C@@H]2C1)C(F)(F)F. The van der Waals surface area contributed by atoms with Gasteiger partial charge in [0.1, 0.15) is 0 Å². The number of carbonyl (C=O) groups excluding carboxylic acids is 1. The number of rotatable bonds is 0. The van der Waals surface area contributed by atoms with Crippen LogP contribution in [0.2, 0.25) is 0 Å². The molecule has 2 saturated heterocycles. The number of hydrogen-bond acceptors (Lipinski definition) is 2. The van der Waals surface area contributed by atoms with Gasteiger partial charge in [0.2, 0.25) is 0 Å². The molecule has 3 nitrogen and oxygen atoms in total. The number of hydrogen-bond donors (Lipinski definition) is 1. The Balaban J connectivity index is 1.99. The van der Waals surface area contributed by atoms with E-state index in [1.165, 1.54) is 0 Å². The van der Waals surface area contributed by atoms with Crippen molar-refractivity contribution in [1.29, 1.82) is 0 Å². The van der Waals surface area contributed by atoms with E-state index in [1.54, 1.807) is 0 Å². The van der Waals surface area contributed by atoms with Crippen LogP contribution in [-0.4, -0.2) is 42.7 Å². The van der Waals surface area contributed by atoms with E-state index >= 15 is 0 Å². The summed E-state index contributed by atoms with van der Waals surface area (Å²) in [5.74, 6) is -1.49. The van der Waals surface area contributed by atoms with Crippen LogP contribution in [0.5, 0.6) is 0 Å². The monoisotopic (exact) mass is 208 g/mol. The summed E-state index contributed by atoms with van der Waals surface area (Å²) in [5.41, 5.74) is 0. The Morgan fingerprint density at radius 1 is 1.36 bits per heavy atom. The molecule has 0 aromatic rings. The normalized spacial score (nSPS) is 32.1. The van der Waals surface area contributed by atoms with Crippen LogP contribution in [0.15, 0.2) is 0 Å². The summed E-state index contributed by atoms with van der Waals surface area (Å²) < 4.78 is 36.2. The maximum absolute atomic E-state index is 12.1. The Hall–Kier alpha value is -0.780. The first kappa shape index (κ1) is 9.76. The molecule has 0 aromatic heterocycles. The molecule has 0 radical (unpaired) electrons. The number of halogens is 3. The van der Waals surface area contributed by atoms with E-state index in [4.69, 9.17) is 0 Å². The van der Waals surface area contributed by atoms with Gasteiger partial charge < -0.3 is 10.2 Å². The molecule has 2 fully saturated rings. The zero-order valence-corrected chi connectivity index (χ0v) is 7.47. The highest BCUT2D eigenvalue weighted by molar-refractivity contribution is 5.82. The Morgan fingerprint density at radius 3 is 2.64 bits per heavy atom. The summed E-state index contributed by atoms with van der Waals surface area (Å²) in [6.07, 6.45) is -3.86. The molecule has 2 atom stereocenters. The van der Waals surface area contributed by atoms with Gasteiger partial charge in [-0.1, -0.05) is 0 Å². The number of carbonyl (C=O) groups is 1. The minimum absolute atomic E-state index is 0.0706. The Labute approximate surface area is 79.3 Å². The third-order valence-corrected chi connectivity index (χ3v) is 2.89. The van der Waals surface area contributed by atoms with Crippen molar-refractivity contribution >= 4 is 5.91 Å². The Morgan fingerprint density at radius 2 is 2.07 bits per heavy atom. The molecule has 1 amide bonds. The highest BCUT2D eigenvalue weighted by Crippen LogP contribution is 2.28. The summed E-state index contributed by atoms with van der Waals surface area (Å²) in [6, 6.07) is 0.0706. The molecule has 0 saturated carbocycles. The van der Waals surface area contributed by atoms with Crippen molar-refractivity contribution in [3.63, 3.8) is 0 Å². The largest absolute Gasteiger partial charge is 0.471 e. The quantitative estimate of drug-likeness (QED) is 0.623. The van der Waals surface area contributed by atoms with Gasteiger partial charge >= 0.3 is 12.1 Å². The zero-order valence-electron chi connectivity index (χ0n) is 7.47. The fourth-order valence-corrected chi connectivity index (χ4v) is 2.19. The van der Waals surface area contributed by atoms with Crippen molar-refractivity contribution in [2.75, 3.05) is 19.6 Å². The molecule has 2 aliphatic rings. The molecule has 0 spiro atoms. The van der Waals surface area contributed by atoms with Gasteiger partial charge in [0.15, 0.2) is 0 Å². The molecular formula is C8H11F3N2O. The van der Waals surface area contributed by atoms with Crippen LogP contribution < -0.4 is 5.32 Å². The van der Waals surface area contributed by atoms with Gasteiger partial charge in [-0.3, -0.25) is 4.79 Å². The van der Waals surface area contributed by atoms with Crippen molar-refractivity contribution in [2.24, 2.45) is 5.92 Å². The molecule has 0 bridgehead atoms. The molecule has 2 rings (SSSR count). The van der Waals surface area contributed by atoms with Crippen molar-refractivity contribution in [3.8, 4) is 0 Å². The standard InChI is InChI=1S/C8H11F3N2O/c9-8(10,11)7(14)13-3-5-1-2-12-6(5)4-13/h5-6,12H,1-4H2/t5-,6-/m1/s1. The van der Waals surface area contributed by atoms with Gasteiger partial charge in [-0.2, -0.15) is 13.2 Å². The predicted molar refractivity (Wildman–Crippen MR) is 42.5 cm³/mol. The van der Waals surface area contributed by atoms with Crippen molar-refractivity contribution < 1.29 is 18.0 Å². The fourth-order valence-electron chi connectivity index (χ4n) is 2.19. The lowest BCUT2D eigenvalue weighted by molar-refractivity contribution is -0.184. The average Bonchev–Trinajstić information content (AvgIpc) is 2.58. The highest BCUT2D eigenvalue weighted by atomic mass is 19.4. The summed E-state index contributed by atoms with van der Waals surface area (Å²) in [4.78, 5) is 11.8. The molecule has 0 unspecified atom stereocenters. The van der Waals surface area contributed by atoms with E-state index in [9.17, 15) is 18.0 Å². The van der Waals surface area contributed by atoms with Crippen molar-refractivity contribution in [2.45, 2.75) is 18.6 Å². The Bertz CT molecular complexity index is 241. The molecular weight excluding hydrogens is 197 g/mol. The smallest absolute Gasteiger partial charge is 0.333 e. The van der Waals surface area contributed by atoms with Crippen LogP contribution in [-0.2, 0) is 4.79 Å². The molecule has 80 valence electrons. The lowest BCUT2D eigenvalue weighted by atomic mass is 10.1. The summed E-state index contributed by atoms with van der Waals surface area (Å²) in [6.45, 7) is 1.29. The van der Waals surface area contributed by atoms with E-state index in [0.29, 0.717) is 0 Å². The van der Waals surface area contributed by atoms with Crippen LogP contribution in [0, 0.1) is 5.92 Å². The molecule has 14 heavy (non-hydrogen) atoms. The summed E-state index contributed by atoms with van der Waals surface area (Å²) >= 11 is 0. The molecule has 0 aliphatic carbocycles. The second kappa shape index (κ2) is 3.12. The highest BCUT2D eigenvalue weighted by Gasteiger charge is 2.47. The van der Waals surface area contributed by atoms with Crippen LogP contribution in [0.25, 0.3) is 0 Å². The number of nitrogens with one attached hydrogen (secondary N) is 1. The lowest BCUT2D eigenvalue weighted by Gasteiger charge is -2.18. The minimum Gasteiger partial charge on any atom is -0.333 e. The average molecular weight is 208 g/mol. The first-order valence-electron chi connectivity index (χ1n) is 4.58. The van der Waals surface area contributed by atoms with Crippen LogP contribution in [0.3, 0.4) is 0 Å². The van der Waals surface area contributed by atoms with E-state index < -0.39 is 12.1 Å². The first-order chi connectivity index (χ1) is 6.48. The second-order valence-corrected chi connectivity index (χ2v) is 3.82.